The Balaban J connectivity index is 2.66. The van der Waals surface area contributed by atoms with E-state index in [0.29, 0.717) is 12.0 Å². The molecule has 1 aliphatic carbocycles. The van der Waals surface area contributed by atoms with Gasteiger partial charge in [0.15, 0.2) is 0 Å². The van der Waals surface area contributed by atoms with Gasteiger partial charge in [0.1, 0.15) is 0 Å². The Bertz CT molecular complexity index is 179. The maximum atomic E-state index is 6.14. The van der Waals surface area contributed by atoms with Gasteiger partial charge >= 0.3 is 0 Å². The molecule has 2 heteroatoms. The summed E-state index contributed by atoms with van der Waals surface area (Å²) in [6.07, 6.45) is 3.48. The van der Waals surface area contributed by atoms with E-state index in [0.717, 1.165) is 12.8 Å². The molecular weight excluding hydrogens is 160 g/mol. The van der Waals surface area contributed by atoms with Crippen molar-refractivity contribution in [2.75, 3.05) is 0 Å². The van der Waals surface area contributed by atoms with Gasteiger partial charge in [0, 0.05) is 11.6 Å². The van der Waals surface area contributed by atoms with E-state index in [1.165, 1.54) is 6.42 Å². The summed E-state index contributed by atoms with van der Waals surface area (Å²) in [6.45, 7) is 8.78. The van der Waals surface area contributed by atoms with Gasteiger partial charge in [-0.1, -0.05) is 13.8 Å². The van der Waals surface area contributed by atoms with Crippen molar-refractivity contribution in [1.29, 1.82) is 0 Å². The third-order valence-electron chi connectivity index (χ3n) is 3.65. The highest BCUT2D eigenvalue weighted by Gasteiger charge is 2.39. The Labute approximate surface area is 82.1 Å². The molecule has 0 aromatic carbocycles. The molecule has 0 radical (unpaired) electrons. The van der Waals surface area contributed by atoms with Crippen LogP contribution in [0.25, 0.3) is 0 Å². The highest BCUT2D eigenvalue weighted by molar-refractivity contribution is 4.95. The van der Waals surface area contributed by atoms with Crippen LogP contribution in [0, 0.1) is 11.3 Å². The number of hydrogen-bond donors (Lipinski definition) is 2. The van der Waals surface area contributed by atoms with Crippen LogP contribution >= 0.6 is 0 Å². The van der Waals surface area contributed by atoms with Crippen LogP contribution in [0.15, 0.2) is 0 Å². The molecule has 78 valence electrons. The first-order valence-electron chi connectivity index (χ1n) is 5.28. The standard InChI is InChI=1S/C11H24N2/c1-10(2)7-8(11(3,4)13)5-6-9(10)12/h8-9H,5-7,12-13H2,1-4H3. The number of hydrogen-bond acceptors (Lipinski definition) is 2. The second kappa shape index (κ2) is 3.25. The van der Waals surface area contributed by atoms with Crippen molar-refractivity contribution in [2.24, 2.45) is 22.8 Å². The highest BCUT2D eigenvalue weighted by atomic mass is 14.8. The fraction of sp³-hybridized carbons (Fsp3) is 1.00. The van der Waals surface area contributed by atoms with Gasteiger partial charge in [-0.3, -0.25) is 0 Å². The smallest absolute Gasteiger partial charge is 0.0126 e. The Kier molecular flexibility index (Phi) is 2.75. The first-order chi connectivity index (χ1) is 5.73. The Morgan fingerprint density at radius 2 is 1.77 bits per heavy atom. The van der Waals surface area contributed by atoms with E-state index in [1.54, 1.807) is 0 Å². The van der Waals surface area contributed by atoms with Crippen molar-refractivity contribution < 1.29 is 0 Å². The molecular formula is C11H24N2. The van der Waals surface area contributed by atoms with E-state index in [2.05, 4.69) is 27.7 Å². The quantitative estimate of drug-likeness (QED) is 0.653. The molecule has 1 aliphatic rings. The molecule has 0 bridgehead atoms. The zero-order chi connectivity index (χ0) is 10.3. The molecule has 2 unspecified atom stereocenters. The van der Waals surface area contributed by atoms with Crippen molar-refractivity contribution >= 4 is 0 Å². The molecule has 1 rings (SSSR count). The lowest BCUT2D eigenvalue weighted by molar-refractivity contribution is 0.107. The van der Waals surface area contributed by atoms with E-state index >= 15 is 0 Å². The number of nitrogens with two attached hydrogens (primary N) is 2. The first kappa shape index (κ1) is 11.0. The zero-order valence-corrected chi connectivity index (χ0v) is 9.43. The predicted molar refractivity (Wildman–Crippen MR) is 57.4 cm³/mol. The molecule has 1 fully saturated rings. The first-order valence-corrected chi connectivity index (χ1v) is 5.28. The molecule has 13 heavy (non-hydrogen) atoms. The summed E-state index contributed by atoms with van der Waals surface area (Å²) in [5.74, 6) is 0.627. The molecule has 2 atom stereocenters. The van der Waals surface area contributed by atoms with E-state index in [1.807, 2.05) is 0 Å². The molecule has 1 saturated carbocycles. The van der Waals surface area contributed by atoms with Crippen molar-refractivity contribution in [1.82, 2.24) is 0 Å². The maximum absolute atomic E-state index is 6.14. The topological polar surface area (TPSA) is 52.0 Å². The number of rotatable bonds is 1. The lowest BCUT2D eigenvalue weighted by Gasteiger charge is -2.45. The van der Waals surface area contributed by atoms with Crippen LogP contribution in [0.3, 0.4) is 0 Å². The van der Waals surface area contributed by atoms with Crippen LogP contribution in [0.2, 0.25) is 0 Å². The molecule has 0 amide bonds. The van der Waals surface area contributed by atoms with Gasteiger partial charge in [-0.25, -0.2) is 0 Å². The molecule has 0 heterocycles. The monoisotopic (exact) mass is 184 g/mol. The van der Waals surface area contributed by atoms with Crippen LogP contribution in [0.5, 0.6) is 0 Å². The SMILES string of the molecule is CC(C)(N)C1CCC(N)C(C)(C)C1. The van der Waals surface area contributed by atoms with Gasteiger partial charge in [-0.15, -0.1) is 0 Å². The van der Waals surface area contributed by atoms with E-state index in [-0.39, 0.29) is 11.0 Å². The van der Waals surface area contributed by atoms with E-state index in [9.17, 15) is 0 Å². The molecule has 4 N–H and O–H groups in total. The predicted octanol–water partition coefficient (Wildman–Crippen LogP) is 1.88. The summed E-state index contributed by atoms with van der Waals surface area (Å²) in [5.41, 5.74) is 12.4. The van der Waals surface area contributed by atoms with Gasteiger partial charge in [0.25, 0.3) is 0 Å². The summed E-state index contributed by atoms with van der Waals surface area (Å²) in [4.78, 5) is 0. The minimum Gasteiger partial charge on any atom is -0.327 e. The van der Waals surface area contributed by atoms with Crippen LogP contribution < -0.4 is 11.5 Å². The molecule has 0 saturated heterocycles. The van der Waals surface area contributed by atoms with Gasteiger partial charge in [0.2, 0.25) is 0 Å². The summed E-state index contributed by atoms with van der Waals surface area (Å²) >= 11 is 0. The molecule has 2 nitrogen and oxygen atoms in total. The average molecular weight is 184 g/mol. The second-order valence-electron chi connectivity index (χ2n) is 5.89. The Morgan fingerprint density at radius 3 is 2.15 bits per heavy atom. The molecule has 0 aromatic rings. The summed E-state index contributed by atoms with van der Waals surface area (Å²) < 4.78 is 0. The van der Waals surface area contributed by atoms with Gasteiger partial charge in [-0.05, 0) is 44.4 Å². The fourth-order valence-corrected chi connectivity index (χ4v) is 2.30. The van der Waals surface area contributed by atoms with Gasteiger partial charge in [-0.2, -0.15) is 0 Å². The zero-order valence-electron chi connectivity index (χ0n) is 9.43. The lowest BCUT2D eigenvalue weighted by atomic mass is 9.64. The largest absolute Gasteiger partial charge is 0.327 e. The van der Waals surface area contributed by atoms with Crippen molar-refractivity contribution in [3.8, 4) is 0 Å². The van der Waals surface area contributed by atoms with Crippen molar-refractivity contribution in [2.45, 2.75) is 58.5 Å². The average Bonchev–Trinajstić information content (AvgIpc) is 1.92. The van der Waals surface area contributed by atoms with Gasteiger partial charge < -0.3 is 11.5 Å². The van der Waals surface area contributed by atoms with Crippen molar-refractivity contribution in [3.05, 3.63) is 0 Å². The molecule has 0 aliphatic heterocycles. The lowest BCUT2D eigenvalue weighted by Crippen LogP contribution is -2.50. The van der Waals surface area contributed by atoms with Crippen molar-refractivity contribution in [3.63, 3.8) is 0 Å². The minimum atomic E-state index is -0.0442. The third-order valence-corrected chi connectivity index (χ3v) is 3.65. The molecule has 0 aromatic heterocycles. The normalized spacial score (nSPS) is 34.6. The third kappa shape index (κ3) is 2.44. The van der Waals surface area contributed by atoms with Crippen LogP contribution in [-0.4, -0.2) is 11.6 Å². The second-order valence-corrected chi connectivity index (χ2v) is 5.89. The van der Waals surface area contributed by atoms with E-state index in [4.69, 9.17) is 11.5 Å². The fourth-order valence-electron chi connectivity index (χ4n) is 2.30. The summed E-state index contributed by atoms with van der Waals surface area (Å²) in [6, 6.07) is 0.353. The van der Waals surface area contributed by atoms with E-state index < -0.39 is 0 Å². The summed E-state index contributed by atoms with van der Waals surface area (Å²) in [5, 5.41) is 0. The Morgan fingerprint density at radius 1 is 1.23 bits per heavy atom. The van der Waals surface area contributed by atoms with Crippen LogP contribution in [0.1, 0.15) is 47.0 Å². The van der Waals surface area contributed by atoms with Gasteiger partial charge in [0.05, 0.1) is 0 Å². The molecule has 0 spiro atoms. The maximum Gasteiger partial charge on any atom is 0.0126 e. The Hall–Kier alpha value is -0.0800. The summed E-state index contributed by atoms with van der Waals surface area (Å²) in [7, 11) is 0. The minimum absolute atomic E-state index is 0.0442. The van der Waals surface area contributed by atoms with Crippen LogP contribution in [0.4, 0.5) is 0 Å². The van der Waals surface area contributed by atoms with Crippen LogP contribution in [-0.2, 0) is 0 Å². The highest BCUT2D eigenvalue weighted by Crippen LogP contribution is 2.41.